The SMILES string of the molecule is Nc1cccc(Cl)c1Sc1ccc(Cl)cc1. The van der Waals surface area contributed by atoms with Crippen molar-refractivity contribution in [2.24, 2.45) is 0 Å². The van der Waals surface area contributed by atoms with Gasteiger partial charge in [0.25, 0.3) is 0 Å². The van der Waals surface area contributed by atoms with Crippen LogP contribution in [0, 0.1) is 0 Å². The second-order valence-corrected chi connectivity index (χ2v) is 5.14. The number of nitrogen functional groups attached to an aromatic ring is 1. The maximum atomic E-state index is 6.08. The standard InChI is InChI=1S/C12H9Cl2NS/c13-8-4-6-9(7-5-8)16-12-10(14)2-1-3-11(12)15/h1-7H,15H2. The smallest absolute Gasteiger partial charge is 0.0566 e. The Bertz CT molecular complexity index is 477. The Morgan fingerprint density at radius 2 is 1.62 bits per heavy atom. The molecule has 82 valence electrons. The molecule has 0 aliphatic heterocycles. The molecule has 0 aromatic heterocycles. The molecule has 0 atom stereocenters. The zero-order valence-corrected chi connectivity index (χ0v) is 10.6. The molecule has 16 heavy (non-hydrogen) atoms. The molecule has 0 aliphatic rings. The summed E-state index contributed by atoms with van der Waals surface area (Å²) in [6.07, 6.45) is 0. The van der Waals surface area contributed by atoms with E-state index in [4.69, 9.17) is 28.9 Å². The van der Waals surface area contributed by atoms with Gasteiger partial charge in [-0.15, -0.1) is 0 Å². The van der Waals surface area contributed by atoms with Gasteiger partial charge in [0, 0.05) is 15.6 Å². The number of anilines is 1. The van der Waals surface area contributed by atoms with Crippen molar-refractivity contribution in [3.8, 4) is 0 Å². The van der Waals surface area contributed by atoms with Crippen LogP contribution in [0.5, 0.6) is 0 Å². The molecular weight excluding hydrogens is 261 g/mol. The van der Waals surface area contributed by atoms with E-state index in [1.807, 2.05) is 42.5 Å². The fourth-order valence-electron chi connectivity index (χ4n) is 1.25. The van der Waals surface area contributed by atoms with E-state index in [1.165, 1.54) is 11.8 Å². The van der Waals surface area contributed by atoms with E-state index < -0.39 is 0 Å². The van der Waals surface area contributed by atoms with Crippen LogP contribution in [0.25, 0.3) is 0 Å². The van der Waals surface area contributed by atoms with Crippen molar-refractivity contribution < 1.29 is 0 Å². The molecule has 0 aliphatic carbocycles. The summed E-state index contributed by atoms with van der Waals surface area (Å²) in [4.78, 5) is 1.94. The summed E-state index contributed by atoms with van der Waals surface area (Å²) < 4.78 is 0. The molecule has 0 spiro atoms. The topological polar surface area (TPSA) is 26.0 Å². The zero-order valence-electron chi connectivity index (χ0n) is 8.28. The highest BCUT2D eigenvalue weighted by atomic mass is 35.5. The van der Waals surface area contributed by atoms with Gasteiger partial charge in [0.15, 0.2) is 0 Å². The lowest BCUT2D eigenvalue weighted by atomic mass is 10.3. The van der Waals surface area contributed by atoms with Crippen molar-refractivity contribution in [2.45, 2.75) is 9.79 Å². The molecule has 0 unspecified atom stereocenters. The minimum absolute atomic E-state index is 0.667. The van der Waals surface area contributed by atoms with E-state index in [1.54, 1.807) is 0 Å². The van der Waals surface area contributed by atoms with E-state index in [9.17, 15) is 0 Å². The van der Waals surface area contributed by atoms with Gasteiger partial charge in [-0.25, -0.2) is 0 Å². The number of rotatable bonds is 2. The van der Waals surface area contributed by atoms with Gasteiger partial charge < -0.3 is 5.73 Å². The second kappa shape index (κ2) is 5.00. The molecule has 2 N–H and O–H groups in total. The van der Waals surface area contributed by atoms with Crippen LogP contribution in [0.4, 0.5) is 5.69 Å². The van der Waals surface area contributed by atoms with Crippen LogP contribution in [0.2, 0.25) is 10.0 Å². The van der Waals surface area contributed by atoms with Crippen molar-refractivity contribution in [3.05, 3.63) is 52.5 Å². The zero-order chi connectivity index (χ0) is 11.5. The van der Waals surface area contributed by atoms with Crippen molar-refractivity contribution in [3.63, 3.8) is 0 Å². The molecule has 1 nitrogen and oxygen atoms in total. The summed E-state index contributed by atoms with van der Waals surface area (Å²) >= 11 is 13.4. The number of hydrogen-bond donors (Lipinski definition) is 1. The first kappa shape index (κ1) is 11.6. The van der Waals surface area contributed by atoms with Crippen LogP contribution in [-0.2, 0) is 0 Å². The minimum Gasteiger partial charge on any atom is -0.398 e. The van der Waals surface area contributed by atoms with Gasteiger partial charge in [0.05, 0.1) is 9.92 Å². The van der Waals surface area contributed by atoms with Crippen LogP contribution in [-0.4, -0.2) is 0 Å². The van der Waals surface area contributed by atoms with Crippen LogP contribution in [0.15, 0.2) is 52.3 Å². The summed E-state index contributed by atoms with van der Waals surface area (Å²) in [5.74, 6) is 0. The summed E-state index contributed by atoms with van der Waals surface area (Å²) in [6, 6.07) is 13.1. The molecule has 0 saturated carbocycles. The molecule has 0 fully saturated rings. The number of benzene rings is 2. The van der Waals surface area contributed by atoms with Crippen molar-refractivity contribution in [1.82, 2.24) is 0 Å². The molecule has 4 heteroatoms. The maximum absolute atomic E-state index is 6.08. The molecule has 2 aromatic carbocycles. The fraction of sp³-hybridized carbons (Fsp3) is 0. The van der Waals surface area contributed by atoms with E-state index in [2.05, 4.69) is 0 Å². The predicted octanol–water partition coefficient (Wildman–Crippen LogP) is 4.73. The minimum atomic E-state index is 0.667. The Labute approximate surface area is 109 Å². The molecule has 0 bridgehead atoms. The van der Waals surface area contributed by atoms with Gasteiger partial charge in [-0.05, 0) is 36.4 Å². The Kier molecular flexibility index (Phi) is 3.64. The largest absolute Gasteiger partial charge is 0.398 e. The number of hydrogen-bond acceptors (Lipinski definition) is 2. The van der Waals surface area contributed by atoms with E-state index in [0.29, 0.717) is 10.7 Å². The van der Waals surface area contributed by atoms with Crippen molar-refractivity contribution >= 4 is 40.7 Å². The van der Waals surface area contributed by atoms with E-state index in [-0.39, 0.29) is 0 Å². The van der Waals surface area contributed by atoms with Crippen molar-refractivity contribution in [1.29, 1.82) is 0 Å². The Balaban J connectivity index is 2.30. The first-order valence-electron chi connectivity index (χ1n) is 4.64. The third kappa shape index (κ3) is 2.64. The highest BCUT2D eigenvalue weighted by Crippen LogP contribution is 2.37. The van der Waals surface area contributed by atoms with E-state index >= 15 is 0 Å². The average molecular weight is 270 g/mol. The Hall–Kier alpha value is -0.830. The maximum Gasteiger partial charge on any atom is 0.0566 e. The predicted molar refractivity (Wildman–Crippen MR) is 71.4 cm³/mol. The van der Waals surface area contributed by atoms with Crippen LogP contribution >= 0.6 is 35.0 Å². The first-order chi connectivity index (χ1) is 7.66. The highest BCUT2D eigenvalue weighted by Gasteiger charge is 2.06. The van der Waals surface area contributed by atoms with Gasteiger partial charge in [-0.2, -0.15) is 0 Å². The number of halogens is 2. The van der Waals surface area contributed by atoms with Gasteiger partial charge in [-0.1, -0.05) is 41.0 Å². The lowest BCUT2D eigenvalue weighted by molar-refractivity contribution is 1.41. The Morgan fingerprint density at radius 3 is 2.25 bits per heavy atom. The van der Waals surface area contributed by atoms with E-state index in [0.717, 1.165) is 14.8 Å². The summed E-state index contributed by atoms with van der Waals surface area (Å²) in [6.45, 7) is 0. The van der Waals surface area contributed by atoms with Gasteiger partial charge >= 0.3 is 0 Å². The lowest BCUT2D eigenvalue weighted by Crippen LogP contribution is -1.88. The molecular formula is C12H9Cl2NS. The summed E-state index contributed by atoms with van der Waals surface area (Å²) in [5.41, 5.74) is 6.56. The molecule has 2 aromatic rings. The number of nitrogens with two attached hydrogens (primary N) is 1. The van der Waals surface area contributed by atoms with Crippen LogP contribution in [0.3, 0.4) is 0 Å². The molecule has 0 saturated heterocycles. The van der Waals surface area contributed by atoms with Gasteiger partial charge in [0.1, 0.15) is 0 Å². The van der Waals surface area contributed by atoms with Crippen LogP contribution in [0.1, 0.15) is 0 Å². The molecule has 2 rings (SSSR count). The third-order valence-corrected chi connectivity index (χ3v) is 3.88. The first-order valence-corrected chi connectivity index (χ1v) is 6.21. The fourth-order valence-corrected chi connectivity index (χ4v) is 2.54. The van der Waals surface area contributed by atoms with Gasteiger partial charge in [-0.3, -0.25) is 0 Å². The lowest BCUT2D eigenvalue weighted by Gasteiger charge is -2.07. The quantitative estimate of drug-likeness (QED) is 0.798. The summed E-state index contributed by atoms with van der Waals surface area (Å²) in [5, 5.41) is 1.39. The second-order valence-electron chi connectivity index (χ2n) is 3.21. The molecule has 0 radical (unpaired) electrons. The summed E-state index contributed by atoms with van der Waals surface area (Å²) in [7, 11) is 0. The van der Waals surface area contributed by atoms with Crippen LogP contribution < -0.4 is 5.73 Å². The van der Waals surface area contributed by atoms with Gasteiger partial charge in [0.2, 0.25) is 0 Å². The van der Waals surface area contributed by atoms with Crippen molar-refractivity contribution in [2.75, 3.05) is 5.73 Å². The Morgan fingerprint density at radius 1 is 0.938 bits per heavy atom. The monoisotopic (exact) mass is 269 g/mol. The molecule has 0 amide bonds. The normalized spacial score (nSPS) is 10.4. The average Bonchev–Trinajstić information content (AvgIpc) is 2.26. The molecule has 0 heterocycles. The third-order valence-electron chi connectivity index (χ3n) is 2.03. The highest BCUT2D eigenvalue weighted by molar-refractivity contribution is 7.99.